The highest BCUT2D eigenvalue weighted by atomic mass is 127. The summed E-state index contributed by atoms with van der Waals surface area (Å²) in [5.41, 5.74) is -0.953. The van der Waals surface area contributed by atoms with Gasteiger partial charge in [0.25, 0.3) is 0 Å². The molecule has 6 nitrogen and oxygen atoms in total. The van der Waals surface area contributed by atoms with Crippen molar-refractivity contribution in [2.24, 2.45) is 4.99 Å². The van der Waals surface area contributed by atoms with E-state index in [0.29, 0.717) is 13.1 Å². The molecule has 1 aromatic rings. The zero-order valence-corrected chi connectivity index (χ0v) is 15.1. The van der Waals surface area contributed by atoms with Crippen molar-refractivity contribution in [3.63, 3.8) is 0 Å². The Bertz CT molecular complexity index is 517. The van der Waals surface area contributed by atoms with Gasteiger partial charge in [-0.05, 0) is 18.9 Å². The average Bonchev–Trinajstić information content (AvgIpc) is 3.01. The maximum atomic E-state index is 12.5. The van der Waals surface area contributed by atoms with Gasteiger partial charge in [0.15, 0.2) is 5.96 Å². The summed E-state index contributed by atoms with van der Waals surface area (Å²) in [6.45, 7) is 2.87. The van der Waals surface area contributed by atoms with Crippen molar-refractivity contribution >= 4 is 35.9 Å². The van der Waals surface area contributed by atoms with Gasteiger partial charge in [-0.25, -0.2) is 9.97 Å². The number of guanidine groups is 1. The second-order valence-corrected chi connectivity index (χ2v) is 4.86. The Morgan fingerprint density at radius 2 is 2.00 bits per heavy atom. The molecule has 2 N–H and O–H groups in total. The number of likely N-dealkylation sites (tertiary alicyclic amines) is 1. The molecule has 0 bridgehead atoms. The van der Waals surface area contributed by atoms with Gasteiger partial charge in [-0.15, -0.1) is 24.0 Å². The molecule has 1 aliphatic heterocycles. The minimum absolute atomic E-state index is 0. The number of nitrogens with zero attached hydrogens (tertiary/aromatic N) is 4. The maximum absolute atomic E-state index is 12.5. The van der Waals surface area contributed by atoms with E-state index in [1.54, 1.807) is 7.05 Å². The van der Waals surface area contributed by atoms with Gasteiger partial charge in [0.1, 0.15) is 5.69 Å². The Balaban J connectivity index is 0.00000264. The fraction of sp³-hybridized carbons (Fsp3) is 0.615. The second kappa shape index (κ2) is 9.08. The van der Waals surface area contributed by atoms with Crippen LogP contribution in [-0.4, -0.2) is 54.1 Å². The highest BCUT2D eigenvalue weighted by Crippen LogP contribution is 2.27. The number of hydrogen-bond donors (Lipinski definition) is 2. The number of alkyl halides is 3. The number of aromatic nitrogens is 2. The molecule has 0 unspecified atom stereocenters. The third kappa shape index (κ3) is 5.99. The van der Waals surface area contributed by atoms with E-state index in [-0.39, 0.29) is 29.9 Å². The summed E-state index contributed by atoms with van der Waals surface area (Å²) in [5.74, 6) is 0.775. The molecule has 23 heavy (non-hydrogen) atoms. The SMILES string of the molecule is CN=C(NCCNc1nccc(C(F)(F)F)n1)N1CCCC1.I. The summed E-state index contributed by atoms with van der Waals surface area (Å²) >= 11 is 0. The van der Waals surface area contributed by atoms with E-state index in [4.69, 9.17) is 0 Å². The van der Waals surface area contributed by atoms with Gasteiger partial charge in [-0.3, -0.25) is 4.99 Å². The third-order valence-corrected chi connectivity index (χ3v) is 3.25. The average molecular weight is 444 g/mol. The van der Waals surface area contributed by atoms with E-state index in [1.165, 1.54) is 0 Å². The molecular weight excluding hydrogens is 424 g/mol. The topological polar surface area (TPSA) is 65.4 Å². The third-order valence-electron chi connectivity index (χ3n) is 3.25. The first-order valence-corrected chi connectivity index (χ1v) is 7.10. The zero-order valence-electron chi connectivity index (χ0n) is 12.7. The van der Waals surface area contributed by atoms with Crippen molar-refractivity contribution in [2.75, 3.05) is 38.5 Å². The first kappa shape index (κ1) is 19.7. The predicted octanol–water partition coefficient (Wildman–Crippen LogP) is 2.20. The summed E-state index contributed by atoms with van der Waals surface area (Å²) in [6.07, 6.45) is -1.07. The standard InChI is InChI=1S/C13H19F3N6.HI/c1-17-12(22-8-2-3-9-22)20-7-6-19-11-18-5-4-10(21-11)13(14,15)16;/h4-5H,2-3,6-9H2,1H3,(H,17,20)(H,18,19,21);1H. The van der Waals surface area contributed by atoms with Crippen LogP contribution in [0.3, 0.4) is 0 Å². The molecule has 2 rings (SSSR count). The van der Waals surface area contributed by atoms with Crippen molar-refractivity contribution < 1.29 is 13.2 Å². The smallest absolute Gasteiger partial charge is 0.354 e. The van der Waals surface area contributed by atoms with Gasteiger partial charge in [-0.1, -0.05) is 0 Å². The van der Waals surface area contributed by atoms with Gasteiger partial charge in [-0.2, -0.15) is 13.2 Å². The summed E-state index contributed by atoms with van der Waals surface area (Å²) in [5, 5.41) is 5.93. The molecular formula is C13H20F3IN6. The van der Waals surface area contributed by atoms with Gasteiger partial charge >= 0.3 is 6.18 Å². The maximum Gasteiger partial charge on any atom is 0.433 e. The molecule has 1 saturated heterocycles. The highest BCUT2D eigenvalue weighted by Gasteiger charge is 2.32. The van der Waals surface area contributed by atoms with Crippen molar-refractivity contribution in [2.45, 2.75) is 19.0 Å². The Labute approximate surface area is 150 Å². The molecule has 1 aliphatic rings. The van der Waals surface area contributed by atoms with Crippen LogP contribution in [0.2, 0.25) is 0 Å². The van der Waals surface area contributed by atoms with Crippen LogP contribution < -0.4 is 10.6 Å². The molecule has 1 fully saturated rings. The number of aliphatic imine (C=N–C) groups is 1. The Morgan fingerprint density at radius 1 is 1.30 bits per heavy atom. The highest BCUT2D eigenvalue weighted by molar-refractivity contribution is 14.0. The predicted molar refractivity (Wildman–Crippen MR) is 93.1 cm³/mol. The van der Waals surface area contributed by atoms with Crippen molar-refractivity contribution in [1.29, 1.82) is 0 Å². The molecule has 0 aliphatic carbocycles. The molecule has 10 heteroatoms. The van der Waals surface area contributed by atoms with Crippen LogP contribution in [0.15, 0.2) is 17.3 Å². The molecule has 0 saturated carbocycles. The van der Waals surface area contributed by atoms with Gasteiger partial charge in [0.05, 0.1) is 0 Å². The van der Waals surface area contributed by atoms with E-state index in [9.17, 15) is 13.2 Å². The number of hydrogen-bond acceptors (Lipinski definition) is 4. The first-order valence-electron chi connectivity index (χ1n) is 7.10. The van der Waals surface area contributed by atoms with Gasteiger partial charge in [0, 0.05) is 39.4 Å². The monoisotopic (exact) mass is 444 g/mol. The molecule has 0 atom stereocenters. The van der Waals surface area contributed by atoms with E-state index < -0.39 is 11.9 Å². The molecule has 0 radical (unpaired) electrons. The van der Waals surface area contributed by atoms with Crippen molar-refractivity contribution in [3.05, 3.63) is 18.0 Å². The van der Waals surface area contributed by atoms with Gasteiger partial charge in [0.2, 0.25) is 5.95 Å². The Kier molecular flexibility index (Phi) is 7.79. The zero-order chi connectivity index (χ0) is 16.0. The largest absolute Gasteiger partial charge is 0.433 e. The summed E-state index contributed by atoms with van der Waals surface area (Å²) in [4.78, 5) is 13.6. The van der Waals surface area contributed by atoms with Crippen LogP contribution in [0.5, 0.6) is 0 Å². The molecule has 0 aromatic carbocycles. The van der Waals surface area contributed by atoms with E-state index in [2.05, 4.69) is 30.5 Å². The molecule has 2 heterocycles. The summed E-state index contributed by atoms with van der Waals surface area (Å²) in [6, 6.07) is 0.846. The van der Waals surface area contributed by atoms with Crippen LogP contribution >= 0.6 is 24.0 Å². The van der Waals surface area contributed by atoms with Gasteiger partial charge < -0.3 is 15.5 Å². The fourth-order valence-electron chi connectivity index (χ4n) is 2.21. The summed E-state index contributed by atoms with van der Waals surface area (Å²) < 4.78 is 37.6. The number of nitrogens with one attached hydrogen (secondary N) is 2. The summed E-state index contributed by atoms with van der Waals surface area (Å²) in [7, 11) is 1.71. The lowest BCUT2D eigenvalue weighted by Crippen LogP contribution is -2.41. The van der Waals surface area contributed by atoms with E-state index >= 15 is 0 Å². The quantitative estimate of drug-likeness (QED) is 0.323. The Hall–Kier alpha value is -1.33. The minimum atomic E-state index is -4.46. The van der Waals surface area contributed by atoms with Crippen LogP contribution in [0.25, 0.3) is 0 Å². The number of anilines is 1. The second-order valence-electron chi connectivity index (χ2n) is 4.86. The molecule has 0 amide bonds. The van der Waals surface area contributed by atoms with Crippen LogP contribution in [0.4, 0.5) is 19.1 Å². The number of rotatable bonds is 4. The van der Waals surface area contributed by atoms with Crippen LogP contribution in [0, 0.1) is 0 Å². The molecule has 0 spiro atoms. The van der Waals surface area contributed by atoms with E-state index in [1.807, 2.05) is 0 Å². The molecule has 130 valence electrons. The van der Waals surface area contributed by atoms with Crippen molar-refractivity contribution in [1.82, 2.24) is 20.2 Å². The van der Waals surface area contributed by atoms with E-state index in [0.717, 1.165) is 44.2 Å². The number of halogens is 4. The fourth-order valence-corrected chi connectivity index (χ4v) is 2.21. The lowest BCUT2D eigenvalue weighted by molar-refractivity contribution is -0.141. The van der Waals surface area contributed by atoms with Crippen molar-refractivity contribution in [3.8, 4) is 0 Å². The Morgan fingerprint density at radius 3 is 2.61 bits per heavy atom. The van der Waals surface area contributed by atoms with Crippen LogP contribution in [-0.2, 0) is 6.18 Å². The lowest BCUT2D eigenvalue weighted by Gasteiger charge is -2.20. The lowest BCUT2D eigenvalue weighted by atomic mass is 10.4. The van der Waals surface area contributed by atoms with Crippen LogP contribution in [0.1, 0.15) is 18.5 Å². The normalized spacial score (nSPS) is 15.3. The first-order chi connectivity index (χ1) is 10.5. The minimum Gasteiger partial charge on any atom is -0.354 e. The molecule has 1 aromatic heterocycles.